The maximum atomic E-state index is 6.35. The summed E-state index contributed by atoms with van der Waals surface area (Å²) in [6.07, 6.45) is -24.9. The Morgan fingerprint density at radius 1 is 0.222 bits per heavy atom. The van der Waals surface area contributed by atoms with Crippen LogP contribution in [0.5, 0.6) is 0 Å². The predicted molar refractivity (Wildman–Crippen MR) is 259 cm³/mol. The minimum Gasteiger partial charge on any atom is -0.690 e. The summed E-state index contributed by atoms with van der Waals surface area (Å²) in [5, 5.41) is 0. The van der Waals surface area contributed by atoms with Gasteiger partial charge >= 0.3 is 0 Å². The van der Waals surface area contributed by atoms with Crippen molar-refractivity contribution in [3.63, 3.8) is 0 Å². The van der Waals surface area contributed by atoms with E-state index in [1.807, 2.05) is 0 Å². The third kappa shape index (κ3) is 13.1. The molecule has 0 aromatic rings. The molecule has 0 saturated heterocycles. The molecule has 0 aromatic heterocycles. The molecule has 0 N–H and O–H groups in total. The highest BCUT2D eigenvalue weighted by atomic mass is 13.4. The van der Waals surface area contributed by atoms with Gasteiger partial charge in [0.2, 0.25) is 0 Å². The van der Waals surface area contributed by atoms with Gasteiger partial charge in [-0.1, -0.05) is 0 Å². The van der Waals surface area contributed by atoms with Crippen LogP contribution in [-0.4, -0.2) is 319 Å². The summed E-state index contributed by atoms with van der Waals surface area (Å²) in [6.45, 7) is 0. The van der Waals surface area contributed by atoms with Crippen LogP contribution in [0.3, 0.4) is 0 Å². The van der Waals surface area contributed by atoms with Crippen LogP contribution < -0.4 is 0 Å². The van der Waals surface area contributed by atoms with Gasteiger partial charge in [-0.2, -0.15) is 0 Å². The fourth-order valence-electron chi connectivity index (χ4n) is 7.44. The van der Waals surface area contributed by atoms with Crippen LogP contribution in [0.25, 0.3) is 0 Å². The molecule has 0 aliphatic rings. The van der Waals surface area contributed by atoms with Gasteiger partial charge in [0.05, 0.1) is 0 Å². The second kappa shape index (κ2) is 22.1. The summed E-state index contributed by atoms with van der Waals surface area (Å²) in [4.78, 5) is 0. The van der Waals surface area contributed by atoms with Gasteiger partial charge in [0.25, 0.3) is 0 Å². The topological polar surface area (TPSA) is 0 Å². The predicted octanol–water partition coefficient (Wildman–Crippen LogP) is -17.1. The number of hydrogen-bond donors (Lipinski definition) is 0. The first-order chi connectivity index (χ1) is 20.5. The van der Waals surface area contributed by atoms with Gasteiger partial charge in [0, 0.05) is 0 Å². The summed E-state index contributed by atoms with van der Waals surface area (Å²) in [6, 6.07) is 0. The summed E-state index contributed by atoms with van der Waals surface area (Å²) in [5.74, 6) is 0. The molecule has 0 aliphatic carbocycles. The Bertz CT molecular complexity index is 622. The highest BCUT2D eigenvalue weighted by Crippen LogP contribution is 2.20. The van der Waals surface area contributed by atoms with Gasteiger partial charge in [0.15, 0.2) is 0 Å². The lowest BCUT2D eigenvalue weighted by molar-refractivity contribution is 3.20. The first-order valence-electron chi connectivity index (χ1n) is 14.7. The van der Waals surface area contributed by atoms with E-state index in [0.717, 1.165) is 0 Å². The molecule has 0 saturated carbocycles. The van der Waals surface area contributed by atoms with Gasteiger partial charge in [-0.25, -0.2) is 0 Å². The molecule has 0 spiro atoms. The van der Waals surface area contributed by atoms with Crippen molar-refractivity contribution in [1.82, 2.24) is 0 Å². The van der Waals surface area contributed by atoms with Gasteiger partial charge in [-0.15, -0.1) is 0 Å². The van der Waals surface area contributed by atoms with E-state index in [1.54, 1.807) is 0 Å². The van der Waals surface area contributed by atoms with E-state index in [2.05, 4.69) is 0 Å². The Hall–Kier alpha value is 2.92. The molecular weight excluding hydrogens is 487 g/mol. The molecule has 45 heteroatoms. The lowest BCUT2D eigenvalue weighted by atomic mass is 8.26. The summed E-state index contributed by atoms with van der Waals surface area (Å²) in [7, 11) is 147. The Morgan fingerprint density at radius 3 is 0.511 bits per heavy atom. The molecule has 0 fully saturated rings. The van der Waals surface area contributed by atoms with Gasteiger partial charge in [-0.05, 0) is 304 Å². The summed E-state index contributed by atoms with van der Waals surface area (Å²) >= 11 is 0. The van der Waals surface area contributed by atoms with Crippen molar-refractivity contribution in [3.05, 3.63) is 0 Å². The zero-order valence-corrected chi connectivity index (χ0v) is 26.0. The van der Waals surface area contributed by atoms with E-state index in [4.69, 9.17) is 178 Å². The molecule has 0 aromatic carbocycles. The van der Waals surface area contributed by atoms with Crippen molar-refractivity contribution < 1.29 is 0 Å². The minimum absolute atomic E-state index is 1.02. The van der Waals surface area contributed by atoms with Crippen molar-refractivity contribution >= 4 is 319 Å². The van der Waals surface area contributed by atoms with Crippen molar-refractivity contribution in [3.8, 4) is 0 Å². The van der Waals surface area contributed by atoms with Crippen LogP contribution >= 0.6 is 0 Å². The number of rotatable bonds is 21. The molecule has 0 amide bonds. The van der Waals surface area contributed by atoms with E-state index in [-0.39, 0.29) is 0 Å². The fourth-order valence-corrected chi connectivity index (χ4v) is 7.44. The Labute approximate surface area is 316 Å². The maximum Gasteiger partial charge on any atom is -0.0000000000000853 e. The molecule has 0 unspecified atom stereocenters. The monoisotopic (exact) mass is 495 g/mol. The second-order valence-electron chi connectivity index (χ2n) is 12.3. The lowest BCUT2D eigenvalue weighted by Crippen LogP contribution is -2.94. The van der Waals surface area contributed by atoms with Crippen LogP contribution in [0.1, 0.15) is 0 Å². The molecule has 136 valence electrons. The summed E-state index contributed by atoms with van der Waals surface area (Å²) in [5.41, 5.74) is 0. The molecule has 0 rings (SSSR count). The molecule has 0 aliphatic heterocycles. The van der Waals surface area contributed by atoms with E-state index >= 15 is 0 Å². The summed E-state index contributed by atoms with van der Waals surface area (Å²) < 4.78 is 0. The van der Waals surface area contributed by atoms with Crippen LogP contribution in [-0.2, 0) is 0 Å². The van der Waals surface area contributed by atoms with Crippen LogP contribution in [0.2, 0.25) is 0 Å². The second-order valence-corrected chi connectivity index (χ2v) is 12.3. The molecular formula is B45-. The zero-order chi connectivity index (χ0) is 35.8. The smallest absolute Gasteiger partial charge is 0.0000000000000853 e. The average molecular weight is 487 g/mol. The molecule has 48 radical (unpaired) electrons. The lowest BCUT2D eigenvalue weighted by Gasteiger charge is -2.56. The molecule has 0 nitrogen and oxygen atoms in total. The zero-order valence-electron chi connectivity index (χ0n) is 26.0. The first kappa shape index (κ1) is 47.9. The molecule has 45 heavy (non-hydrogen) atoms. The number of hydrogen-bond acceptors (Lipinski definition) is 0. The van der Waals surface area contributed by atoms with Crippen molar-refractivity contribution in [2.45, 2.75) is 0 Å². The van der Waals surface area contributed by atoms with Crippen LogP contribution in [0, 0.1) is 0 Å². The van der Waals surface area contributed by atoms with Crippen molar-refractivity contribution in [1.29, 1.82) is 0 Å². The highest BCUT2D eigenvalue weighted by molar-refractivity contribution is 8.34. The van der Waals surface area contributed by atoms with Crippen LogP contribution in [0.4, 0.5) is 0 Å². The Morgan fingerprint density at radius 2 is 0.378 bits per heavy atom. The molecule has 0 bridgehead atoms. The Kier molecular flexibility index (Phi) is 23.5. The average Bonchev–Trinajstić information content (AvgIpc) is 2.81. The van der Waals surface area contributed by atoms with Gasteiger partial charge < -0.3 is 7.74 Å². The fraction of sp³-hybridized carbons (Fsp3) is 0. The maximum absolute atomic E-state index is 6.35. The highest BCUT2D eigenvalue weighted by Gasteiger charge is 2.58. The molecule has 0 heterocycles. The van der Waals surface area contributed by atoms with Crippen molar-refractivity contribution in [2.24, 2.45) is 0 Å². The van der Waals surface area contributed by atoms with Crippen LogP contribution in [0.15, 0.2) is 0 Å². The van der Waals surface area contributed by atoms with Crippen molar-refractivity contribution in [2.75, 3.05) is 0 Å². The van der Waals surface area contributed by atoms with E-state index in [1.165, 1.54) is 7.06 Å². The van der Waals surface area contributed by atoms with E-state index < -0.39 is 134 Å². The standard InChI is InChI=1S/B45/c1-24-36(25(2)3)42(37(26(4)5)27(6)7)45(43(38(28(8)9)29(10)11)39(30(12)13)31(14)15)44(40(32(16)17)33(18)19)41(34(20)21)35(22)23/q-1. The third-order valence-corrected chi connectivity index (χ3v) is 9.11. The first-order valence-corrected chi connectivity index (χ1v) is 14.7. The van der Waals surface area contributed by atoms with E-state index in [0.29, 0.717) is 0 Å². The largest absolute Gasteiger partial charge is 0.690 e. The normalized spacial score (nSPS) is 9.62. The van der Waals surface area contributed by atoms with Gasteiger partial charge in [-0.3, -0.25) is 7.06 Å². The Balaban J connectivity index is 8.98. The molecule has 0 atom stereocenters. The minimum atomic E-state index is -1.27. The third-order valence-electron chi connectivity index (χ3n) is 9.11. The SMILES string of the molecule is [B]B([B])B([B][B-])B(B(B([B])[B])B([B])[B])B(B(B(B([B])[B])B([B])[B])B(B([B])[B])B([B])[B])B(B(B([B])[B])B([B])[B])B(B([B])[B])B([B])[B]. The van der Waals surface area contributed by atoms with E-state index in [9.17, 15) is 0 Å². The van der Waals surface area contributed by atoms with Gasteiger partial charge in [0.1, 0.15) is 0 Å². The quantitative estimate of drug-likeness (QED) is 0.142.